The molecule has 2 aromatic rings. The molecule has 28 heavy (non-hydrogen) atoms. The van der Waals surface area contributed by atoms with Crippen LogP contribution in [-0.2, 0) is 14.3 Å². The minimum atomic E-state index is -0.774. The fourth-order valence-electron chi connectivity index (χ4n) is 2.32. The summed E-state index contributed by atoms with van der Waals surface area (Å²) in [6.45, 7) is 3.51. The summed E-state index contributed by atoms with van der Waals surface area (Å²) in [5.41, 5.74) is 2.24. The Morgan fingerprint density at radius 3 is 2.54 bits per heavy atom. The Morgan fingerprint density at radius 1 is 1.11 bits per heavy atom. The molecule has 0 aliphatic rings. The topological polar surface area (TPSA) is 73.9 Å². The van der Waals surface area contributed by atoms with Crippen LogP contribution in [-0.4, -0.2) is 32.2 Å². The fourth-order valence-corrected chi connectivity index (χ4v) is 2.50. The van der Waals surface area contributed by atoms with Gasteiger partial charge in [0.25, 0.3) is 5.91 Å². The van der Waals surface area contributed by atoms with Crippen LogP contribution in [0.2, 0.25) is 5.02 Å². The van der Waals surface area contributed by atoms with Crippen molar-refractivity contribution in [3.63, 3.8) is 0 Å². The van der Waals surface area contributed by atoms with Crippen LogP contribution in [0.1, 0.15) is 18.1 Å². The molecule has 148 valence electrons. The average Bonchev–Trinajstić information content (AvgIpc) is 2.69. The molecule has 1 amide bonds. The summed E-state index contributed by atoms with van der Waals surface area (Å²) < 4.78 is 15.6. The summed E-state index contributed by atoms with van der Waals surface area (Å²) in [5, 5.41) is 3.34. The van der Waals surface area contributed by atoms with Gasteiger partial charge >= 0.3 is 5.97 Å². The first-order valence-corrected chi connectivity index (χ1v) is 8.89. The van der Waals surface area contributed by atoms with Crippen LogP contribution in [0.15, 0.2) is 42.5 Å². The van der Waals surface area contributed by atoms with Crippen molar-refractivity contribution in [1.29, 1.82) is 0 Å². The van der Waals surface area contributed by atoms with Crippen molar-refractivity contribution in [2.75, 3.05) is 19.5 Å². The number of carbonyl (C=O) groups is 2. The van der Waals surface area contributed by atoms with E-state index in [9.17, 15) is 9.59 Å². The summed E-state index contributed by atoms with van der Waals surface area (Å²) >= 11 is 5.98. The Kier molecular flexibility index (Phi) is 7.46. The summed E-state index contributed by atoms with van der Waals surface area (Å²) in [5.74, 6) is 0.0664. The van der Waals surface area contributed by atoms with Gasteiger partial charge in [0, 0.05) is 16.8 Å². The minimum absolute atomic E-state index is 0.318. The molecular weight excluding hydrogens is 382 g/mol. The molecule has 0 unspecified atom stereocenters. The van der Waals surface area contributed by atoms with Crippen molar-refractivity contribution in [3.05, 3.63) is 58.6 Å². The highest BCUT2D eigenvalue weighted by Crippen LogP contribution is 2.30. The maximum absolute atomic E-state index is 12.5. The van der Waals surface area contributed by atoms with Crippen LogP contribution in [0, 0.1) is 6.92 Å². The minimum Gasteiger partial charge on any atom is -0.493 e. The van der Waals surface area contributed by atoms with Gasteiger partial charge in [-0.15, -0.1) is 0 Å². The molecule has 0 aromatic heterocycles. The molecule has 7 heteroatoms. The second-order valence-electron chi connectivity index (χ2n) is 5.98. The van der Waals surface area contributed by atoms with E-state index in [2.05, 4.69) is 10.1 Å². The Morgan fingerprint density at radius 2 is 1.86 bits per heavy atom. The molecule has 0 heterocycles. The number of aryl methyl sites for hydroxylation is 1. The SMILES string of the molecule is COC(=O)/C=C/c1ccc(O[C@H](C)C(=O)Nc2cc(Cl)ccc2C)c(OC)c1. The zero-order valence-corrected chi connectivity index (χ0v) is 16.9. The standard InChI is InChI=1S/C21H22ClNO5/c1-13-5-8-16(22)12-17(13)23-21(25)14(2)28-18-9-6-15(11-19(18)26-3)7-10-20(24)27-4/h5-12,14H,1-4H3,(H,23,25)/b10-7+/t14-/m1/s1. The molecule has 0 aliphatic carbocycles. The van der Waals surface area contributed by atoms with Gasteiger partial charge in [-0.1, -0.05) is 23.7 Å². The Balaban J connectivity index is 2.10. The van der Waals surface area contributed by atoms with Crippen LogP contribution in [0.25, 0.3) is 6.08 Å². The molecular formula is C21H22ClNO5. The molecule has 0 spiro atoms. The molecule has 0 aliphatic heterocycles. The first-order valence-electron chi connectivity index (χ1n) is 8.51. The number of carbonyl (C=O) groups excluding carboxylic acids is 2. The van der Waals surface area contributed by atoms with Gasteiger partial charge in [0.2, 0.25) is 0 Å². The van der Waals surface area contributed by atoms with Crippen LogP contribution >= 0.6 is 11.6 Å². The zero-order valence-electron chi connectivity index (χ0n) is 16.1. The highest BCUT2D eigenvalue weighted by atomic mass is 35.5. The molecule has 0 fully saturated rings. The van der Waals surface area contributed by atoms with Gasteiger partial charge in [-0.05, 0) is 55.3 Å². The number of esters is 1. The Labute approximate surface area is 169 Å². The summed E-state index contributed by atoms with van der Waals surface area (Å²) in [4.78, 5) is 23.7. The number of hydrogen-bond acceptors (Lipinski definition) is 5. The van der Waals surface area contributed by atoms with E-state index in [0.717, 1.165) is 11.1 Å². The summed E-state index contributed by atoms with van der Waals surface area (Å²) in [7, 11) is 2.80. The number of methoxy groups -OCH3 is 2. The smallest absolute Gasteiger partial charge is 0.330 e. The van der Waals surface area contributed by atoms with E-state index in [1.54, 1.807) is 43.3 Å². The number of amides is 1. The van der Waals surface area contributed by atoms with Gasteiger partial charge in [0.05, 0.1) is 14.2 Å². The van der Waals surface area contributed by atoms with E-state index < -0.39 is 12.1 Å². The van der Waals surface area contributed by atoms with Gasteiger partial charge in [0.15, 0.2) is 17.6 Å². The van der Waals surface area contributed by atoms with E-state index in [-0.39, 0.29) is 5.91 Å². The van der Waals surface area contributed by atoms with Crippen LogP contribution in [0.5, 0.6) is 11.5 Å². The molecule has 0 bridgehead atoms. The molecule has 6 nitrogen and oxygen atoms in total. The van der Waals surface area contributed by atoms with Gasteiger partial charge in [0.1, 0.15) is 0 Å². The van der Waals surface area contributed by atoms with Gasteiger partial charge in [-0.3, -0.25) is 4.79 Å². The number of benzene rings is 2. The van der Waals surface area contributed by atoms with E-state index in [1.807, 2.05) is 13.0 Å². The summed E-state index contributed by atoms with van der Waals surface area (Å²) in [6.07, 6.45) is 2.12. The summed E-state index contributed by atoms with van der Waals surface area (Å²) in [6, 6.07) is 10.4. The lowest BCUT2D eigenvalue weighted by Crippen LogP contribution is -2.30. The highest BCUT2D eigenvalue weighted by Gasteiger charge is 2.18. The van der Waals surface area contributed by atoms with Crippen molar-refractivity contribution in [3.8, 4) is 11.5 Å². The maximum atomic E-state index is 12.5. The van der Waals surface area contributed by atoms with Gasteiger partial charge in [-0.2, -0.15) is 0 Å². The third-order valence-corrected chi connectivity index (χ3v) is 4.17. The third-order valence-electron chi connectivity index (χ3n) is 3.93. The number of halogens is 1. The van der Waals surface area contributed by atoms with Crippen LogP contribution < -0.4 is 14.8 Å². The van der Waals surface area contributed by atoms with Crippen molar-refractivity contribution < 1.29 is 23.8 Å². The van der Waals surface area contributed by atoms with Gasteiger partial charge in [-0.25, -0.2) is 4.79 Å². The van der Waals surface area contributed by atoms with Crippen LogP contribution in [0.3, 0.4) is 0 Å². The second kappa shape index (κ2) is 9.80. The quantitative estimate of drug-likeness (QED) is 0.552. The Hall–Kier alpha value is -2.99. The highest BCUT2D eigenvalue weighted by molar-refractivity contribution is 6.31. The van der Waals surface area contributed by atoms with Crippen molar-refractivity contribution in [2.24, 2.45) is 0 Å². The number of ether oxygens (including phenoxy) is 3. The normalized spacial score (nSPS) is 11.8. The predicted molar refractivity (Wildman–Crippen MR) is 109 cm³/mol. The first kappa shape index (κ1) is 21.3. The lowest BCUT2D eigenvalue weighted by molar-refractivity contribution is -0.134. The van der Waals surface area contributed by atoms with E-state index in [0.29, 0.717) is 22.2 Å². The van der Waals surface area contributed by atoms with Crippen molar-refractivity contribution in [2.45, 2.75) is 20.0 Å². The van der Waals surface area contributed by atoms with E-state index in [4.69, 9.17) is 21.1 Å². The molecule has 0 saturated heterocycles. The number of nitrogens with one attached hydrogen (secondary N) is 1. The predicted octanol–water partition coefficient (Wildman–Crippen LogP) is 4.25. The third kappa shape index (κ3) is 5.76. The average molecular weight is 404 g/mol. The molecule has 1 N–H and O–H groups in total. The number of hydrogen-bond donors (Lipinski definition) is 1. The fraction of sp³-hybridized carbons (Fsp3) is 0.238. The van der Waals surface area contributed by atoms with Crippen molar-refractivity contribution >= 4 is 35.2 Å². The molecule has 0 saturated carbocycles. The lowest BCUT2D eigenvalue weighted by atomic mass is 10.2. The molecule has 2 aromatic carbocycles. The molecule has 2 rings (SSSR count). The maximum Gasteiger partial charge on any atom is 0.330 e. The van der Waals surface area contributed by atoms with Gasteiger partial charge < -0.3 is 19.5 Å². The first-order chi connectivity index (χ1) is 13.3. The molecule has 0 radical (unpaired) electrons. The largest absolute Gasteiger partial charge is 0.493 e. The van der Waals surface area contributed by atoms with Crippen molar-refractivity contribution in [1.82, 2.24) is 0 Å². The lowest BCUT2D eigenvalue weighted by Gasteiger charge is -2.18. The van der Waals surface area contributed by atoms with E-state index >= 15 is 0 Å². The number of rotatable bonds is 7. The van der Waals surface area contributed by atoms with E-state index in [1.165, 1.54) is 20.3 Å². The molecule has 1 atom stereocenters. The van der Waals surface area contributed by atoms with Crippen LogP contribution in [0.4, 0.5) is 5.69 Å². The second-order valence-corrected chi connectivity index (χ2v) is 6.41. The monoisotopic (exact) mass is 403 g/mol. The number of anilines is 1. The zero-order chi connectivity index (χ0) is 20.7. The Bertz CT molecular complexity index is 894.